The highest BCUT2D eigenvalue weighted by Gasteiger charge is 2.10. The van der Waals surface area contributed by atoms with Crippen molar-refractivity contribution in [2.45, 2.75) is 33.6 Å². The maximum Gasteiger partial charge on any atom is 0.308 e. The molecule has 0 amide bonds. The van der Waals surface area contributed by atoms with Gasteiger partial charge in [-0.3, -0.25) is 4.79 Å². The Bertz CT molecular complexity index is 419. The number of hydrogen-bond donors (Lipinski definition) is 0. The number of ether oxygens (including phenoxy) is 1. The van der Waals surface area contributed by atoms with Crippen molar-refractivity contribution in [2.75, 3.05) is 0 Å². The monoisotopic (exact) mass is 231 g/mol. The van der Waals surface area contributed by atoms with Crippen LogP contribution in [0.4, 0.5) is 0 Å². The van der Waals surface area contributed by atoms with Crippen LogP contribution >= 0.6 is 0 Å². The molecule has 0 aliphatic heterocycles. The van der Waals surface area contributed by atoms with Crippen LogP contribution in [0.15, 0.2) is 30.9 Å². The maximum absolute atomic E-state index is 11.0. The predicted octanol–water partition coefficient (Wildman–Crippen LogP) is 3.86. The summed E-state index contributed by atoms with van der Waals surface area (Å²) in [6.07, 6.45) is 1.80. The van der Waals surface area contributed by atoms with E-state index in [2.05, 4.69) is 26.5 Å². The number of carbonyl (C=O) groups excluding carboxylic acids is 1. The zero-order valence-electron chi connectivity index (χ0n) is 10.9. The van der Waals surface area contributed by atoms with Crippen molar-refractivity contribution in [3.05, 3.63) is 47.9 Å². The van der Waals surface area contributed by atoms with Gasteiger partial charge in [0.1, 0.15) is 5.75 Å². The summed E-state index contributed by atoms with van der Waals surface area (Å²) in [5.74, 6) is 1.76. The zero-order chi connectivity index (χ0) is 13.0. The van der Waals surface area contributed by atoms with Gasteiger partial charge in [-0.05, 0) is 29.2 Å². The fraction of sp³-hybridized carbons (Fsp3) is 0.333. The highest BCUT2D eigenvalue weighted by molar-refractivity contribution is 5.69. The molecular formula is C15H19O2. The topological polar surface area (TPSA) is 26.3 Å². The summed E-state index contributed by atoms with van der Waals surface area (Å²) in [6.45, 7) is 11.4. The van der Waals surface area contributed by atoms with Gasteiger partial charge in [0.2, 0.25) is 0 Å². The molecule has 0 fully saturated rings. The van der Waals surface area contributed by atoms with Crippen molar-refractivity contribution in [1.82, 2.24) is 0 Å². The van der Waals surface area contributed by atoms with Crippen LogP contribution in [0.3, 0.4) is 0 Å². The molecule has 0 aliphatic carbocycles. The van der Waals surface area contributed by atoms with Gasteiger partial charge in [0.05, 0.1) is 0 Å². The fourth-order valence-corrected chi connectivity index (χ4v) is 1.53. The standard InChI is InChI=1S/C15H19O2/c1-6-11(4)14-7-13(10(2)3)8-15(9-14)17-12(5)16/h6-10H,1H2,2-5H3. The second-order valence-corrected chi connectivity index (χ2v) is 4.43. The first kappa shape index (κ1) is 13.5. The first-order chi connectivity index (χ1) is 7.93. The summed E-state index contributed by atoms with van der Waals surface area (Å²) in [7, 11) is 0. The van der Waals surface area contributed by atoms with Gasteiger partial charge in [-0.1, -0.05) is 32.9 Å². The van der Waals surface area contributed by atoms with E-state index in [9.17, 15) is 4.79 Å². The SMILES string of the molecule is C=C[C](C)c1cc(OC(C)=O)cc(C(C)C)c1. The first-order valence-electron chi connectivity index (χ1n) is 5.73. The average Bonchev–Trinajstić information content (AvgIpc) is 2.26. The first-order valence-corrected chi connectivity index (χ1v) is 5.73. The number of benzene rings is 1. The second kappa shape index (κ2) is 5.67. The molecule has 1 aromatic carbocycles. The van der Waals surface area contributed by atoms with E-state index in [0.717, 1.165) is 17.0 Å². The Balaban J connectivity index is 3.17. The Morgan fingerprint density at radius 1 is 1.29 bits per heavy atom. The summed E-state index contributed by atoms with van der Waals surface area (Å²) < 4.78 is 5.15. The summed E-state index contributed by atoms with van der Waals surface area (Å²) >= 11 is 0. The number of esters is 1. The minimum absolute atomic E-state index is 0.298. The second-order valence-electron chi connectivity index (χ2n) is 4.43. The van der Waals surface area contributed by atoms with E-state index in [1.54, 1.807) is 6.08 Å². The van der Waals surface area contributed by atoms with Crippen molar-refractivity contribution in [3.63, 3.8) is 0 Å². The molecule has 0 spiro atoms. The Kier molecular flexibility index (Phi) is 4.50. The summed E-state index contributed by atoms with van der Waals surface area (Å²) in [4.78, 5) is 11.0. The van der Waals surface area contributed by atoms with Gasteiger partial charge in [0.15, 0.2) is 0 Å². The molecule has 0 atom stereocenters. The molecule has 0 saturated heterocycles. The van der Waals surface area contributed by atoms with E-state index in [1.165, 1.54) is 6.92 Å². The molecule has 17 heavy (non-hydrogen) atoms. The van der Waals surface area contributed by atoms with Gasteiger partial charge in [0, 0.05) is 12.8 Å². The van der Waals surface area contributed by atoms with E-state index >= 15 is 0 Å². The van der Waals surface area contributed by atoms with E-state index in [-0.39, 0.29) is 5.97 Å². The van der Waals surface area contributed by atoms with E-state index < -0.39 is 0 Å². The lowest BCUT2D eigenvalue weighted by atomic mass is 9.94. The third-order valence-corrected chi connectivity index (χ3v) is 2.62. The molecule has 0 saturated carbocycles. The highest BCUT2D eigenvalue weighted by Crippen LogP contribution is 2.27. The van der Waals surface area contributed by atoms with Gasteiger partial charge in [0.25, 0.3) is 0 Å². The molecule has 2 nitrogen and oxygen atoms in total. The van der Waals surface area contributed by atoms with Crippen LogP contribution in [0.1, 0.15) is 44.7 Å². The van der Waals surface area contributed by atoms with Gasteiger partial charge < -0.3 is 4.74 Å². The maximum atomic E-state index is 11.0. The average molecular weight is 231 g/mol. The van der Waals surface area contributed by atoms with Gasteiger partial charge >= 0.3 is 5.97 Å². The fourth-order valence-electron chi connectivity index (χ4n) is 1.53. The number of rotatable bonds is 4. The van der Waals surface area contributed by atoms with Crippen LogP contribution in [0.2, 0.25) is 0 Å². The summed E-state index contributed by atoms with van der Waals surface area (Å²) in [5, 5.41) is 0. The normalized spacial score (nSPS) is 10.7. The van der Waals surface area contributed by atoms with Crippen LogP contribution in [0.5, 0.6) is 5.75 Å². The van der Waals surface area contributed by atoms with Crippen molar-refractivity contribution in [3.8, 4) is 5.75 Å². The predicted molar refractivity (Wildman–Crippen MR) is 70.1 cm³/mol. The Labute approximate surface area is 103 Å². The van der Waals surface area contributed by atoms with Gasteiger partial charge in [-0.15, -0.1) is 6.58 Å². The molecule has 1 rings (SSSR count). The molecule has 0 aliphatic rings. The minimum atomic E-state index is -0.298. The molecule has 0 heterocycles. The van der Waals surface area contributed by atoms with Gasteiger partial charge in [-0.2, -0.15) is 0 Å². The lowest BCUT2D eigenvalue weighted by Crippen LogP contribution is -2.04. The Morgan fingerprint density at radius 2 is 1.94 bits per heavy atom. The third-order valence-electron chi connectivity index (χ3n) is 2.62. The molecule has 91 valence electrons. The molecule has 0 aromatic heterocycles. The molecule has 1 radical (unpaired) electrons. The van der Waals surface area contributed by atoms with Crippen LogP contribution in [0.25, 0.3) is 0 Å². The van der Waals surface area contributed by atoms with Crippen molar-refractivity contribution in [2.24, 2.45) is 0 Å². The largest absolute Gasteiger partial charge is 0.427 e. The van der Waals surface area contributed by atoms with E-state index in [0.29, 0.717) is 11.7 Å². The lowest BCUT2D eigenvalue weighted by Gasteiger charge is -2.13. The molecule has 2 heteroatoms. The van der Waals surface area contributed by atoms with Crippen LogP contribution in [-0.2, 0) is 4.79 Å². The Morgan fingerprint density at radius 3 is 2.41 bits per heavy atom. The Hall–Kier alpha value is -1.57. The van der Waals surface area contributed by atoms with E-state index in [1.807, 2.05) is 19.1 Å². The zero-order valence-corrected chi connectivity index (χ0v) is 10.9. The van der Waals surface area contributed by atoms with Crippen molar-refractivity contribution < 1.29 is 9.53 Å². The lowest BCUT2D eigenvalue weighted by molar-refractivity contribution is -0.131. The summed E-state index contributed by atoms with van der Waals surface area (Å²) in [6, 6.07) is 5.88. The van der Waals surface area contributed by atoms with Gasteiger partial charge in [-0.25, -0.2) is 0 Å². The van der Waals surface area contributed by atoms with Crippen LogP contribution in [0, 0.1) is 5.92 Å². The van der Waals surface area contributed by atoms with Crippen LogP contribution < -0.4 is 4.74 Å². The van der Waals surface area contributed by atoms with Crippen molar-refractivity contribution >= 4 is 5.97 Å². The molecular weight excluding hydrogens is 212 g/mol. The summed E-state index contributed by atoms with van der Waals surface area (Å²) in [5.41, 5.74) is 2.20. The molecule has 0 bridgehead atoms. The number of allylic oxidation sites excluding steroid dienone is 1. The third kappa shape index (κ3) is 3.74. The molecule has 0 unspecified atom stereocenters. The van der Waals surface area contributed by atoms with E-state index in [4.69, 9.17) is 4.74 Å². The minimum Gasteiger partial charge on any atom is -0.427 e. The quantitative estimate of drug-likeness (QED) is 0.581. The number of carbonyl (C=O) groups is 1. The highest BCUT2D eigenvalue weighted by atomic mass is 16.5. The van der Waals surface area contributed by atoms with Crippen molar-refractivity contribution in [1.29, 1.82) is 0 Å². The molecule has 0 N–H and O–H groups in total. The smallest absolute Gasteiger partial charge is 0.308 e. The molecule has 1 aromatic rings. The number of hydrogen-bond acceptors (Lipinski definition) is 2. The van der Waals surface area contributed by atoms with Crippen LogP contribution in [-0.4, -0.2) is 5.97 Å².